The summed E-state index contributed by atoms with van der Waals surface area (Å²) in [5.74, 6) is -0.186. The molecule has 0 aliphatic rings. The quantitative estimate of drug-likeness (QED) is 0.858. The first-order valence-electron chi connectivity index (χ1n) is 5.38. The number of aromatic nitrogens is 2. The van der Waals surface area contributed by atoms with Gasteiger partial charge in [0.05, 0.1) is 4.75 Å². The third-order valence-corrected chi connectivity index (χ3v) is 5.01. The summed E-state index contributed by atoms with van der Waals surface area (Å²) in [7, 11) is -3.38. The minimum atomic E-state index is -4.66. The minimum absolute atomic E-state index is 0.115. The van der Waals surface area contributed by atoms with Crippen molar-refractivity contribution in [2.45, 2.75) is 24.8 Å². The maximum absolute atomic E-state index is 12.5. The molecule has 0 saturated carbocycles. The summed E-state index contributed by atoms with van der Waals surface area (Å²) < 4.78 is 59.4. The summed E-state index contributed by atoms with van der Waals surface area (Å²) in [6.45, 7) is 2.78. The summed E-state index contributed by atoms with van der Waals surface area (Å²) in [4.78, 5) is 6.65. The van der Waals surface area contributed by atoms with Crippen molar-refractivity contribution < 1.29 is 21.6 Å². The van der Waals surface area contributed by atoms with Gasteiger partial charge in [0, 0.05) is 18.9 Å². The van der Waals surface area contributed by atoms with Crippen LogP contribution in [0.4, 0.5) is 19.0 Å². The molecule has 0 aliphatic carbocycles. The Kier molecular flexibility index (Phi) is 4.55. The molecule has 0 unspecified atom stereocenters. The lowest BCUT2D eigenvalue weighted by molar-refractivity contribution is -0.141. The molecule has 10 heteroatoms. The van der Waals surface area contributed by atoms with Gasteiger partial charge < -0.3 is 5.32 Å². The first-order valence-corrected chi connectivity index (χ1v) is 7.65. The Balaban J connectivity index is 2.98. The van der Waals surface area contributed by atoms with Crippen LogP contribution in [-0.4, -0.2) is 35.9 Å². The molecule has 1 rings (SSSR count). The number of nitrogens with zero attached hydrogens (tertiary/aromatic N) is 2. The SMILES string of the molecule is CC(C)(CNc1cc(C(F)(F)F)nc(Cl)n1)S(C)(=O)=O. The van der Waals surface area contributed by atoms with Crippen molar-refractivity contribution in [2.75, 3.05) is 18.1 Å². The molecule has 5 nitrogen and oxygen atoms in total. The van der Waals surface area contributed by atoms with E-state index in [1.54, 1.807) is 0 Å². The molecule has 1 heterocycles. The summed E-state index contributed by atoms with van der Waals surface area (Å²) in [5.41, 5.74) is -1.20. The van der Waals surface area contributed by atoms with E-state index in [2.05, 4.69) is 15.3 Å². The number of sulfone groups is 1. The molecular formula is C10H13ClF3N3O2S. The summed E-state index contributed by atoms with van der Waals surface area (Å²) in [6.07, 6.45) is -3.61. The van der Waals surface area contributed by atoms with Gasteiger partial charge in [-0.25, -0.2) is 18.4 Å². The largest absolute Gasteiger partial charge is 0.433 e. The highest BCUT2D eigenvalue weighted by atomic mass is 35.5. The summed E-state index contributed by atoms with van der Waals surface area (Å²) in [5, 5.41) is 1.96. The normalized spacial score (nSPS) is 13.3. The van der Waals surface area contributed by atoms with E-state index in [0.717, 1.165) is 6.26 Å². The molecule has 0 aliphatic heterocycles. The third kappa shape index (κ3) is 4.20. The van der Waals surface area contributed by atoms with E-state index in [-0.39, 0.29) is 12.4 Å². The highest BCUT2D eigenvalue weighted by Gasteiger charge is 2.34. The second kappa shape index (κ2) is 5.36. The number of halogens is 4. The molecule has 0 amide bonds. The molecule has 0 saturated heterocycles. The van der Waals surface area contributed by atoms with E-state index in [1.807, 2.05) is 0 Å². The van der Waals surface area contributed by atoms with Crippen molar-refractivity contribution in [2.24, 2.45) is 0 Å². The van der Waals surface area contributed by atoms with Gasteiger partial charge in [0.2, 0.25) is 5.28 Å². The number of nitrogens with one attached hydrogen (secondary N) is 1. The van der Waals surface area contributed by atoms with Crippen LogP contribution in [0.15, 0.2) is 6.07 Å². The van der Waals surface area contributed by atoms with E-state index in [0.29, 0.717) is 6.07 Å². The first-order chi connectivity index (χ1) is 8.83. The van der Waals surface area contributed by atoms with Crippen LogP contribution in [-0.2, 0) is 16.0 Å². The zero-order valence-corrected chi connectivity index (χ0v) is 12.5. The fraction of sp³-hybridized carbons (Fsp3) is 0.600. The third-order valence-electron chi connectivity index (χ3n) is 2.69. The highest BCUT2D eigenvalue weighted by molar-refractivity contribution is 7.92. The van der Waals surface area contributed by atoms with Crippen molar-refractivity contribution >= 4 is 27.3 Å². The second-order valence-corrected chi connectivity index (χ2v) is 7.78. The van der Waals surface area contributed by atoms with E-state index in [1.165, 1.54) is 13.8 Å². The molecule has 1 N–H and O–H groups in total. The number of hydrogen-bond donors (Lipinski definition) is 1. The minimum Gasteiger partial charge on any atom is -0.368 e. The summed E-state index contributed by atoms with van der Waals surface area (Å²) >= 11 is 5.42. The van der Waals surface area contributed by atoms with Crippen LogP contribution in [0.3, 0.4) is 0 Å². The smallest absolute Gasteiger partial charge is 0.368 e. The maximum atomic E-state index is 12.5. The van der Waals surface area contributed by atoms with E-state index in [9.17, 15) is 21.6 Å². The molecule has 0 radical (unpaired) electrons. The molecule has 0 fully saturated rings. The lowest BCUT2D eigenvalue weighted by Crippen LogP contribution is -2.38. The molecule has 1 aromatic heterocycles. The Bertz CT molecular complexity index is 602. The monoisotopic (exact) mass is 331 g/mol. The van der Waals surface area contributed by atoms with Gasteiger partial charge >= 0.3 is 6.18 Å². The second-order valence-electron chi connectivity index (χ2n) is 4.79. The van der Waals surface area contributed by atoms with Crippen LogP contribution >= 0.6 is 11.6 Å². The van der Waals surface area contributed by atoms with Gasteiger partial charge in [-0.2, -0.15) is 13.2 Å². The van der Waals surface area contributed by atoms with Crippen LogP contribution in [0.25, 0.3) is 0 Å². The Morgan fingerprint density at radius 3 is 2.30 bits per heavy atom. The lowest BCUT2D eigenvalue weighted by Gasteiger charge is -2.23. The van der Waals surface area contributed by atoms with Gasteiger partial charge in [-0.3, -0.25) is 0 Å². The standard InChI is InChI=1S/C10H13ClF3N3O2S/c1-9(2,20(3,18)19)5-15-7-4-6(10(12,13)14)16-8(11)17-7/h4H,5H2,1-3H3,(H,15,16,17). The van der Waals surface area contributed by atoms with Crippen molar-refractivity contribution in [3.63, 3.8) is 0 Å². The Labute approximate surface area is 119 Å². The molecule has 0 aromatic carbocycles. The number of anilines is 1. The highest BCUT2D eigenvalue weighted by Crippen LogP contribution is 2.29. The van der Waals surface area contributed by atoms with Gasteiger partial charge in [-0.05, 0) is 25.4 Å². The fourth-order valence-electron chi connectivity index (χ4n) is 1.09. The van der Waals surface area contributed by atoms with E-state index >= 15 is 0 Å². The topological polar surface area (TPSA) is 72.0 Å². The molecule has 0 atom stereocenters. The van der Waals surface area contributed by atoms with Crippen molar-refractivity contribution in [3.8, 4) is 0 Å². The molecule has 114 valence electrons. The summed E-state index contributed by atoms with van der Waals surface area (Å²) in [6, 6.07) is 0.671. The molecule has 0 bridgehead atoms. The van der Waals surface area contributed by atoms with Gasteiger partial charge in [-0.15, -0.1) is 0 Å². The predicted molar refractivity (Wildman–Crippen MR) is 69.5 cm³/mol. The predicted octanol–water partition coefficient (Wildman–Crippen LogP) is 2.38. The molecule has 0 spiro atoms. The van der Waals surface area contributed by atoms with Gasteiger partial charge in [0.25, 0.3) is 0 Å². The molecule has 20 heavy (non-hydrogen) atoms. The van der Waals surface area contributed by atoms with Crippen LogP contribution in [0.1, 0.15) is 19.5 Å². The lowest BCUT2D eigenvalue weighted by atomic mass is 10.2. The van der Waals surface area contributed by atoms with Crippen molar-refractivity contribution in [1.29, 1.82) is 0 Å². The number of alkyl halides is 3. The van der Waals surface area contributed by atoms with Crippen LogP contribution in [0.2, 0.25) is 5.28 Å². The molecular weight excluding hydrogens is 319 g/mol. The van der Waals surface area contributed by atoms with Crippen LogP contribution < -0.4 is 5.32 Å². The fourth-order valence-corrected chi connectivity index (χ4v) is 1.60. The zero-order chi connectivity index (χ0) is 15.8. The Hall–Kier alpha value is -1.09. The van der Waals surface area contributed by atoms with Gasteiger partial charge in [0.1, 0.15) is 5.82 Å². The van der Waals surface area contributed by atoms with E-state index in [4.69, 9.17) is 11.6 Å². The molecule has 1 aromatic rings. The number of rotatable bonds is 4. The van der Waals surface area contributed by atoms with Gasteiger partial charge in [-0.1, -0.05) is 0 Å². The van der Waals surface area contributed by atoms with Gasteiger partial charge in [0.15, 0.2) is 15.5 Å². The van der Waals surface area contributed by atoms with Crippen LogP contribution in [0, 0.1) is 0 Å². The average Bonchev–Trinajstić information content (AvgIpc) is 2.23. The number of hydrogen-bond acceptors (Lipinski definition) is 5. The average molecular weight is 332 g/mol. The van der Waals surface area contributed by atoms with Crippen LogP contribution in [0.5, 0.6) is 0 Å². The Morgan fingerprint density at radius 1 is 1.30 bits per heavy atom. The zero-order valence-electron chi connectivity index (χ0n) is 10.9. The Morgan fingerprint density at radius 2 is 1.85 bits per heavy atom. The van der Waals surface area contributed by atoms with Crippen molar-refractivity contribution in [1.82, 2.24) is 9.97 Å². The first kappa shape index (κ1) is 17.0. The van der Waals surface area contributed by atoms with Crippen molar-refractivity contribution in [3.05, 3.63) is 17.0 Å². The maximum Gasteiger partial charge on any atom is 0.433 e. The van der Waals surface area contributed by atoms with E-state index < -0.39 is 31.7 Å².